The quantitative estimate of drug-likeness (QED) is 0.377. The van der Waals surface area contributed by atoms with Gasteiger partial charge in [0.2, 0.25) is 0 Å². The Kier molecular flexibility index (Phi) is 7.84. The molecule has 41 heavy (non-hydrogen) atoms. The SMILES string of the molecule is C=S1(=O)NC(=O)c2ccc3c(c2)N(C[C@@H]2CC[C@H]2[C@@H](O)C[C@H](C)CC[C@@H]1C)C[C@@]1(CCCc2cc(Cl)ccc21)CO3. The number of benzene rings is 2. The molecule has 2 aromatic carbocycles. The van der Waals surface area contributed by atoms with Crippen molar-refractivity contribution < 1.29 is 18.8 Å². The van der Waals surface area contributed by atoms with Gasteiger partial charge in [-0.05, 0) is 123 Å². The Balaban J connectivity index is 1.41. The number of nitrogens with one attached hydrogen (secondary N) is 1. The summed E-state index contributed by atoms with van der Waals surface area (Å²) in [4.78, 5) is 15.8. The van der Waals surface area contributed by atoms with Gasteiger partial charge >= 0.3 is 0 Å². The number of aryl methyl sites for hydroxylation is 1. The molecule has 0 aromatic heterocycles. The van der Waals surface area contributed by atoms with E-state index < -0.39 is 9.71 Å². The molecule has 8 heteroatoms. The van der Waals surface area contributed by atoms with Crippen molar-refractivity contribution in [2.24, 2.45) is 17.8 Å². The Bertz CT molecular complexity index is 1430. The fourth-order valence-electron chi connectivity index (χ4n) is 7.60. The number of fused-ring (bicyclic) bond motifs is 4. The smallest absolute Gasteiger partial charge is 0.262 e. The van der Waals surface area contributed by atoms with Crippen LogP contribution in [0.3, 0.4) is 0 Å². The first-order chi connectivity index (χ1) is 19.5. The molecule has 2 aromatic rings. The molecule has 2 aliphatic heterocycles. The lowest BCUT2D eigenvalue weighted by molar-refractivity contribution is 0.00130. The number of anilines is 1. The lowest BCUT2D eigenvalue weighted by Gasteiger charge is -2.46. The van der Waals surface area contributed by atoms with E-state index in [-0.39, 0.29) is 28.6 Å². The fraction of sp³-hybridized carbons (Fsp3) is 0.576. The first-order valence-corrected chi connectivity index (χ1v) is 17.4. The Labute approximate surface area is 249 Å². The molecule has 4 aliphatic rings. The van der Waals surface area contributed by atoms with Gasteiger partial charge in [0.25, 0.3) is 5.91 Å². The van der Waals surface area contributed by atoms with Gasteiger partial charge in [0, 0.05) is 34.3 Å². The molecule has 1 unspecified atom stereocenters. The van der Waals surface area contributed by atoms with Crippen LogP contribution in [0.25, 0.3) is 0 Å². The fourth-order valence-corrected chi connectivity index (χ4v) is 8.94. The predicted molar refractivity (Wildman–Crippen MR) is 168 cm³/mol. The molecule has 1 saturated carbocycles. The average Bonchev–Trinajstić information content (AvgIpc) is 3.05. The molecular weight excluding hydrogens is 556 g/mol. The number of hydrogen-bond donors (Lipinski definition) is 2. The summed E-state index contributed by atoms with van der Waals surface area (Å²) < 4.78 is 22.8. The highest BCUT2D eigenvalue weighted by Crippen LogP contribution is 2.47. The molecule has 6 nitrogen and oxygen atoms in total. The molecule has 2 aliphatic carbocycles. The van der Waals surface area contributed by atoms with Crippen LogP contribution < -0.4 is 14.4 Å². The number of amides is 1. The van der Waals surface area contributed by atoms with Crippen LogP contribution in [0.4, 0.5) is 5.69 Å². The highest BCUT2D eigenvalue weighted by Gasteiger charge is 2.44. The molecular formula is C33H43ClN2O4S. The Hall–Kier alpha value is -2.22. The van der Waals surface area contributed by atoms with E-state index in [0.29, 0.717) is 30.4 Å². The molecule has 6 rings (SSSR count). The number of aliphatic hydroxyl groups is 1. The van der Waals surface area contributed by atoms with E-state index >= 15 is 0 Å². The maximum absolute atomic E-state index is 13.5. The minimum Gasteiger partial charge on any atom is -0.490 e. The summed E-state index contributed by atoms with van der Waals surface area (Å²) >= 11 is 6.40. The highest BCUT2D eigenvalue weighted by atomic mass is 35.5. The van der Waals surface area contributed by atoms with Crippen LogP contribution in [0, 0.1) is 17.8 Å². The van der Waals surface area contributed by atoms with Gasteiger partial charge in [0.1, 0.15) is 5.75 Å². The monoisotopic (exact) mass is 598 g/mol. The number of ether oxygens (including phenoxy) is 1. The second-order valence-corrected chi connectivity index (χ2v) is 16.1. The minimum atomic E-state index is -2.85. The van der Waals surface area contributed by atoms with Crippen LogP contribution in [0.2, 0.25) is 5.02 Å². The largest absolute Gasteiger partial charge is 0.490 e. The van der Waals surface area contributed by atoms with Gasteiger partial charge in [-0.15, -0.1) is 0 Å². The van der Waals surface area contributed by atoms with E-state index in [9.17, 15) is 14.1 Å². The van der Waals surface area contributed by atoms with E-state index in [1.807, 2.05) is 25.1 Å². The summed E-state index contributed by atoms with van der Waals surface area (Å²) in [6, 6.07) is 11.8. The normalized spacial score (nSPS) is 35.8. The van der Waals surface area contributed by atoms with Crippen molar-refractivity contribution in [2.75, 3.05) is 24.6 Å². The van der Waals surface area contributed by atoms with Gasteiger partial charge in [-0.25, -0.2) is 4.21 Å². The van der Waals surface area contributed by atoms with Crippen molar-refractivity contribution in [3.05, 3.63) is 58.1 Å². The zero-order valence-electron chi connectivity index (χ0n) is 24.2. The lowest BCUT2D eigenvalue weighted by Crippen LogP contribution is -2.49. The van der Waals surface area contributed by atoms with Crippen molar-refractivity contribution in [3.63, 3.8) is 0 Å². The molecule has 0 radical (unpaired) electrons. The standard InChI is InChI=1S/C33H43ClN2O4S/c1-21-6-7-22(2)41(3,39)35-32(38)24-9-13-31-29(17-24)36(18-25-8-11-27(25)30(37)15-21)19-33(20-40-31)14-4-5-23-16-26(34)10-12-28(23)33/h9-10,12-13,16-17,21-22,25,27,30,37H,3-8,11,14-15,18-20H2,1-2H3,(H,35,38,39)/t21-,22+,25+,27-,30+,33+,41?/m1/s1. The average molecular weight is 599 g/mol. The number of carbonyl (C=O) groups excluding carboxylic acids is 1. The van der Waals surface area contributed by atoms with E-state index in [0.717, 1.165) is 74.5 Å². The Morgan fingerprint density at radius 2 is 1.98 bits per heavy atom. The molecule has 2 N–H and O–H groups in total. The molecule has 0 saturated heterocycles. The van der Waals surface area contributed by atoms with Crippen molar-refractivity contribution in [1.82, 2.24) is 4.72 Å². The number of halogens is 1. The second-order valence-electron chi connectivity index (χ2n) is 13.2. The molecule has 7 atom stereocenters. The van der Waals surface area contributed by atoms with Crippen LogP contribution in [0.5, 0.6) is 5.75 Å². The maximum Gasteiger partial charge on any atom is 0.262 e. The third-order valence-electron chi connectivity index (χ3n) is 10.4. The van der Waals surface area contributed by atoms with E-state index in [1.54, 1.807) is 6.07 Å². The van der Waals surface area contributed by atoms with Crippen molar-refractivity contribution in [2.45, 2.75) is 82.0 Å². The third-order valence-corrected chi connectivity index (χ3v) is 12.7. The van der Waals surface area contributed by atoms with Gasteiger partial charge in [0.05, 0.1) is 28.1 Å². The molecule has 1 spiro atoms. The van der Waals surface area contributed by atoms with Crippen LogP contribution in [-0.4, -0.2) is 52.1 Å². The summed E-state index contributed by atoms with van der Waals surface area (Å²) in [6.45, 7) is 6.17. The summed E-state index contributed by atoms with van der Waals surface area (Å²) in [7, 11) is -2.85. The van der Waals surface area contributed by atoms with Crippen molar-refractivity contribution in [1.29, 1.82) is 0 Å². The third kappa shape index (κ3) is 5.62. The molecule has 222 valence electrons. The summed E-state index contributed by atoms with van der Waals surface area (Å²) in [5.41, 5.74) is 3.73. The first kappa shape index (κ1) is 28.9. The number of hydrogen-bond acceptors (Lipinski definition) is 5. The van der Waals surface area contributed by atoms with Gasteiger partial charge in [-0.3, -0.25) is 9.52 Å². The second kappa shape index (κ2) is 11.1. The summed E-state index contributed by atoms with van der Waals surface area (Å²) in [6.07, 6.45) is 7.11. The van der Waals surface area contributed by atoms with E-state index in [2.05, 4.69) is 34.5 Å². The van der Waals surface area contributed by atoms with Crippen LogP contribution in [0.1, 0.15) is 80.3 Å². The predicted octanol–water partition coefficient (Wildman–Crippen LogP) is 5.77. The maximum atomic E-state index is 13.5. The molecule has 2 heterocycles. The van der Waals surface area contributed by atoms with Crippen molar-refractivity contribution >= 4 is 38.8 Å². The Morgan fingerprint density at radius 3 is 2.76 bits per heavy atom. The Morgan fingerprint density at radius 1 is 1.15 bits per heavy atom. The van der Waals surface area contributed by atoms with Crippen LogP contribution >= 0.6 is 11.6 Å². The first-order valence-electron chi connectivity index (χ1n) is 15.2. The van der Waals surface area contributed by atoms with Gasteiger partial charge < -0.3 is 14.7 Å². The van der Waals surface area contributed by atoms with Crippen LogP contribution in [-0.2, 0) is 21.5 Å². The zero-order chi connectivity index (χ0) is 28.9. The number of rotatable bonds is 0. The number of aliphatic hydroxyl groups excluding tert-OH is 1. The summed E-state index contributed by atoms with van der Waals surface area (Å²) in [5.74, 6) is 5.25. The topological polar surface area (TPSA) is 78.9 Å². The molecule has 2 bridgehead atoms. The highest BCUT2D eigenvalue weighted by molar-refractivity contribution is 7.99. The van der Waals surface area contributed by atoms with Gasteiger partial charge in [-0.2, -0.15) is 0 Å². The van der Waals surface area contributed by atoms with E-state index in [4.69, 9.17) is 16.3 Å². The van der Waals surface area contributed by atoms with Gasteiger partial charge in [0.15, 0.2) is 0 Å². The molecule has 1 fully saturated rings. The van der Waals surface area contributed by atoms with Gasteiger partial charge in [-0.1, -0.05) is 24.6 Å². The van der Waals surface area contributed by atoms with Crippen molar-refractivity contribution in [3.8, 4) is 5.75 Å². The minimum absolute atomic E-state index is 0.204. The number of carbonyl (C=O) groups is 1. The lowest BCUT2D eigenvalue weighted by atomic mass is 9.67. The van der Waals surface area contributed by atoms with E-state index in [1.165, 1.54) is 11.1 Å². The van der Waals surface area contributed by atoms with Crippen LogP contribution in [0.15, 0.2) is 36.4 Å². The zero-order valence-corrected chi connectivity index (χ0v) is 25.8. The summed E-state index contributed by atoms with van der Waals surface area (Å²) in [5, 5.41) is 11.8. The molecule has 1 amide bonds. The number of nitrogens with zero attached hydrogens (tertiary/aromatic N) is 1.